The quantitative estimate of drug-likeness (QED) is 0.802. The van der Waals surface area contributed by atoms with Crippen molar-refractivity contribution >= 4 is 37.5 Å². The molecule has 0 unspecified atom stereocenters. The lowest BCUT2D eigenvalue weighted by atomic mass is 10.2. The molecule has 0 aliphatic rings. The van der Waals surface area contributed by atoms with E-state index in [4.69, 9.17) is 10.5 Å². The number of anilines is 1. The van der Waals surface area contributed by atoms with E-state index >= 15 is 0 Å². The minimum atomic E-state index is -0.363. The molecule has 2 rings (SSSR count). The zero-order valence-corrected chi connectivity index (χ0v) is 12.5. The monoisotopic (exact) mass is 373 g/mol. The Morgan fingerprint density at radius 3 is 2.28 bits per heavy atom. The zero-order chi connectivity index (χ0) is 13.1. The van der Waals surface area contributed by atoms with E-state index in [1.165, 1.54) is 6.07 Å². The maximum absolute atomic E-state index is 13.6. The molecule has 0 atom stereocenters. The van der Waals surface area contributed by atoms with Crippen molar-refractivity contribution in [3.8, 4) is 5.75 Å². The summed E-state index contributed by atoms with van der Waals surface area (Å²) in [6.45, 7) is 0.0831. The lowest BCUT2D eigenvalue weighted by molar-refractivity contribution is 0.297. The van der Waals surface area contributed by atoms with E-state index in [-0.39, 0.29) is 12.4 Å². The van der Waals surface area contributed by atoms with E-state index in [0.717, 1.165) is 8.95 Å². The van der Waals surface area contributed by atoms with Crippen LogP contribution in [0.25, 0.3) is 0 Å². The molecule has 94 valence electrons. The van der Waals surface area contributed by atoms with Gasteiger partial charge in [-0.25, -0.2) is 4.39 Å². The second-order valence-electron chi connectivity index (χ2n) is 3.65. The van der Waals surface area contributed by atoms with Crippen molar-refractivity contribution in [1.29, 1.82) is 0 Å². The Labute approximate surface area is 121 Å². The van der Waals surface area contributed by atoms with Crippen molar-refractivity contribution in [1.82, 2.24) is 0 Å². The van der Waals surface area contributed by atoms with E-state index in [1.807, 2.05) is 18.2 Å². The summed E-state index contributed by atoms with van der Waals surface area (Å²) in [6, 6.07) is 10.2. The first-order valence-electron chi connectivity index (χ1n) is 5.19. The van der Waals surface area contributed by atoms with Gasteiger partial charge in [-0.2, -0.15) is 0 Å². The second kappa shape index (κ2) is 5.71. The standard InChI is InChI=1S/C13H10Br2FNO/c14-9-3-1-4-10(15)13(9)18-7-8-11(16)5-2-6-12(8)17/h1-6H,7,17H2. The lowest BCUT2D eigenvalue weighted by Gasteiger charge is -2.12. The summed E-state index contributed by atoms with van der Waals surface area (Å²) < 4.78 is 20.8. The summed E-state index contributed by atoms with van der Waals surface area (Å²) in [5.74, 6) is 0.262. The molecule has 2 nitrogen and oxygen atoms in total. The van der Waals surface area contributed by atoms with E-state index in [2.05, 4.69) is 31.9 Å². The molecular formula is C13H10Br2FNO. The molecule has 0 radical (unpaired) electrons. The zero-order valence-electron chi connectivity index (χ0n) is 9.29. The normalized spacial score (nSPS) is 10.4. The summed E-state index contributed by atoms with van der Waals surface area (Å²) in [5, 5.41) is 0. The fourth-order valence-corrected chi connectivity index (χ4v) is 2.72. The highest BCUT2D eigenvalue weighted by molar-refractivity contribution is 9.11. The molecule has 5 heteroatoms. The first kappa shape index (κ1) is 13.4. The fourth-order valence-electron chi connectivity index (χ4n) is 1.49. The number of hydrogen-bond acceptors (Lipinski definition) is 2. The molecule has 0 saturated heterocycles. The molecule has 0 aliphatic heterocycles. The Morgan fingerprint density at radius 2 is 1.67 bits per heavy atom. The summed E-state index contributed by atoms with van der Waals surface area (Å²) in [5.41, 5.74) is 6.47. The molecule has 0 aromatic heterocycles. The molecule has 0 aliphatic carbocycles. The van der Waals surface area contributed by atoms with Crippen molar-refractivity contribution in [3.05, 3.63) is 56.7 Å². The lowest BCUT2D eigenvalue weighted by Crippen LogP contribution is -2.03. The third-order valence-electron chi connectivity index (χ3n) is 2.43. The summed E-state index contributed by atoms with van der Waals surface area (Å²) >= 11 is 6.76. The van der Waals surface area contributed by atoms with Gasteiger partial charge in [-0.15, -0.1) is 0 Å². The third kappa shape index (κ3) is 2.84. The van der Waals surface area contributed by atoms with Crippen LogP contribution in [0.15, 0.2) is 45.3 Å². The number of ether oxygens (including phenoxy) is 1. The van der Waals surface area contributed by atoms with Crippen molar-refractivity contribution < 1.29 is 9.13 Å². The van der Waals surface area contributed by atoms with Crippen LogP contribution in [0.2, 0.25) is 0 Å². The van der Waals surface area contributed by atoms with Crippen LogP contribution in [0.3, 0.4) is 0 Å². The van der Waals surface area contributed by atoms with Crippen LogP contribution in [0.4, 0.5) is 10.1 Å². The van der Waals surface area contributed by atoms with Crippen LogP contribution in [-0.4, -0.2) is 0 Å². The average Bonchev–Trinajstić information content (AvgIpc) is 2.31. The van der Waals surface area contributed by atoms with Crippen LogP contribution < -0.4 is 10.5 Å². The third-order valence-corrected chi connectivity index (χ3v) is 3.68. The van der Waals surface area contributed by atoms with Crippen molar-refractivity contribution in [3.63, 3.8) is 0 Å². The molecule has 0 bridgehead atoms. The number of para-hydroxylation sites is 1. The fraction of sp³-hybridized carbons (Fsp3) is 0.0769. The van der Waals surface area contributed by atoms with Gasteiger partial charge in [0.15, 0.2) is 0 Å². The number of nitrogens with two attached hydrogens (primary N) is 1. The van der Waals surface area contributed by atoms with Crippen LogP contribution >= 0.6 is 31.9 Å². The number of benzene rings is 2. The number of halogens is 3. The Hall–Kier alpha value is -1.07. The minimum Gasteiger partial charge on any atom is -0.486 e. The first-order valence-corrected chi connectivity index (χ1v) is 6.78. The van der Waals surface area contributed by atoms with Gasteiger partial charge in [-0.3, -0.25) is 0 Å². The van der Waals surface area contributed by atoms with Gasteiger partial charge in [0.2, 0.25) is 0 Å². The predicted octanol–water partition coefficient (Wildman–Crippen LogP) is 4.51. The Bertz CT molecular complexity index is 483. The number of nitrogen functional groups attached to an aromatic ring is 1. The molecule has 2 N–H and O–H groups in total. The average molecular weight is 375 g/mol. The van der Waals surface area contributed by atoms with Crippen LogP contribution in [0.5, 0.6) is 5.75 Å². The van der Waals surface area contributed by atoms with Crippen molar-refractivity contribution in [2.45, 2.75) is 6.61 Å². The van der Waals surface area contributed by atoms with Gasteiger partial charge in [0.1, 0.15) is 18.2 Å². The highest BCUT2D eigenvalue weighted by atomic mass is 79.9. The highest BCUT2D eigenvalue weighted by Crippen LogP contribution is 2.34. The maximum atomic E-state index is 13.6. The van der Waals surface area contributed by atoms with Crippen molar-refractivity contribution in [2.75, 3.05) is 5.73 Å². The summed E-state index contributed by atoms with van der Waals surface area (Å²) in [6.07, 6.45) is 0. The van der Waals surface area contributed by atoms with E-state index in [1.54, 1.807) is 12.1 Å². The molecule has 18 heavy (non-hydrogen) atoms. The predicted molar refractivity (Wildman–Crippen MR) is 77.0 cm³/mol. The molecule has 0 spiro atoms. The molecule has 0 amide bonds. The van der Waals surface area contributed by atoms with Gasteiger partial charge in [-0.1, -0.05) is 12.1 Å². The van der Waals surface area contributed by atoms with Gasteiger partial charge >= 0.3 is 0 Å². The summed E-state index contributed by atoms with van der Waals surface area (Å²) in [4.78, 5) is 0. The molecule has 2 aromatic rings. The number of rotatable bonds is 3. The molecule has 2 aromatic carbocycles. The van der Waals surface area contributed by atoms with Crippen LogP contribution in [-0.2, 0) is 6.61 Å². The Kier molecular flexibility index (Phi) is 4.24. The van der Waals surface area contributed by atoms with Crippen LogP contribution in [0, 0.1) is 5.82 Å². The smallest absolute Gasteiger partial charge is 0.148 e. The van der Waals surface area contributed by atoms with Gasteiger partial charge in [-0.05, 0) is 56.1 Å². The van der Waals surface area contributed by atoms with Crippen molar-refractivity contribution in [2.24, 2.45) is 0 Å². The largest absolute Gasteiger partial charge is 0.486 e. The van der Waals surface area contributed by atoms with Gasteiger partial charge in [0, 0.05) is 11.3 Å². The second-order valence-corrected chi connectivity index (χ2v) is 5.36. The molecule has 0 heterocycles. The van der Waals surface area contributed by atoms with E-state index < -0.39 is 0 Å². The van der Waals surface area contributed by atoms with Crippen LogP contribution in [0.1, 0.15) is 5.56 Å². The Morgan fingerprint density at radius 1 is 1.06 bits per heavy atom. The molecule has 0 fully saturated rings. The topological polar surface area (TPSA) is 35.2 Å². The SMILES string of the molecule is Nc1cccc(F)c1COc1c(Br)cccc1Br. The highest BCUT2D eigenvalue weighted by Gasteiger charge is 2.10. The maximum Gasteiger partial charge on any atom is 0.148 e. The molecule has 0 saturated carbocycles. The minimum absolute atomic E-state index is 0.0831. The Balaban J connectivity index is 2.22. The summed E-state index contributed by atoms with van der Waals surface area (Å²) in [7, 11) is 0. The molecular weight excluding hydrogens is 365 g/mol. The first-order chi connectivity index (χ1) is 8.59. The van der Waals surface area contributed by atoms with Gasteiger partial charge < -0.3 is 10.5 Å². The van der Waals surface area contributed by atoms with E-state index in [0.29, 0.717) is 17.0 Å². The van der Waals surface area contributed by atoms with Gasteiger partial charge in [0.05, 0.1) is 8.95 Å². The van der Waals surface area contributed by atoms with E-state index in [9.17, 15) is 4.39 Å². The number of hydrogen-bond donors (Lipinski definition) is 1. The van der Waals surface area contributed by atoms with Gasteiger partial charge in [0.25, 0.3) is 0 Å².